The van der Waals surface area contributed by atoms with Gasteiger partial charge in [-0.25, -0.2) is 4.79 Å². The highest BCUT2D eigenvalue weighted by Gasteiger charge is 2.29. The summed E-state index contributed by atoms with van der Waals surface area (Å²) in [5, 5.41) is 4.53. The molecule has 3 rings (SSSR count). The SMILES string of the molecule is CCOC(=O)c1c(C)[nH]c(C(=O)C(=O)NCc2cccs2)c1-c1ccccc1. The van der Waals surface area contributed by atoms with Gasteiger partial charge in [0.05, 0.1) is 18.7 Å². The van der Waals surface area contributed by atoms with E-state index in [0.717, 1.165) is 4.88 Å². The number of ketones is 1. The second-order valence-corrected chi connectivity index (χ2v) is 7.08. The molecule has 144 valence electrons. The van der Waals surface area contributed by atoms with Gasteiger partial charge in [0.15, 0.2) is 0 Å². The molecule has 0 radical (unpaired) electrons. The number of nitrogens with one attached hydrogen (secondary N) is 2. The van der Waals surface area contributed by atoms with E-state index in [1.165, 1.54) is 11.3 Å². The Morgan fingerprint density at radius 2 is 1.86 bits per heavy atom. The Bertz CT molecular complexity index is 991. The molecule has 0 saturated carbocycles. The van der Waals surface area contributed by atoms with Crippen LogP contribution in [0.15, 0.2) is 47.8 Å². The standard InChI is InChI=1S/C21H20N2O4S/c1-3-27-21(26)16-13(2)23-18(17(16)14-8-5-4-6-9-14)19(24)20(25)22-12-15-10-7-11-28-15/h4-11,23H,3,12H2,1-2H3,(H,22,25). The number of benzene rings is 1. The van der Waals surface area contributed by atoms with Gasteiger partial charge in [0.1, 0.15) is 5.69 Å². The maximum Gasteiger partial charge on any atom is 0.340 e. The minimum absolute atomic E-state index is 0.0791. The van der Waals surface area contributed by atoms with E-state index >= 15 is 0 Å². The lowest BCUT2D eigenvalue weighted by Gasteiger charge is -2.08. The van der Waals surface area contributed by atoms with Gasteiger partial charge in [-0.05, 0) is 30.9 Å². The van der Waals surface area contributed by atoms with Crippen LogP contribution in [0.3, 0.4) is 0 Å². The van der Waals surface area contributed by atoms with E-state index in [0.29, 0.717) is 16.8 Å². The van der Waals surface area contributed by atoms with Crippen LogP contribution in [0.1, 0.15) is 38.3 Å². The molecular weight excluding hydrogens is 376 g/mol. The molecule has 2 N–H and O–H groups in total. The van der Waals surface area contributed by atoms with E-state index < -0.39 is 17.7 Å². The molecule has 28 heavy (non-hydrogen) atoms. The van der Waals surface area contributed by atoms with Crippen molar-refractivity contribution in [3.8, 4) is 11.1 Å². The van der Waals surface area contributed by atoms with Gasteiger partial charge in [0.2, 0.25) is 0 Å². The normalized spacial score (nSPS) is 10.5. The fourth-order valence-corrected chi connectivity index (χ4v) is 3.57. The third-order valence-electron chi connectivity index (χ3n) is 4.17. The molecule has 7 heteroatoms. The molecule has 1 aromatic carbocycles. The van der Waals surface area contributed by atoms with Crippen molar-refractivity contribution in [2.75, 3.05) is 6.61 Å². The van der Waals surface area contributed by atoms with E-state index in [4.69, 9.17) is 4.74 Å². The quantitative estimate of drug-likeness (QED) is 0.362. The fourth-order valence-electron chi connectivity index (χ4n) is 2.92. The molecule has 0 aliphatic carbocycles. The van der Waals surface area contributed by atoms with Crippen molar-refractivity contribution in [3.05, 3.63) is 69.7 Å². The number of ether oxygens (including phenoxy) is 1. The topological polar surface area (TPSA) is 88.3 Å². The molecule has 1 amide bonds. The Hall–Kier alpha value is -3.19. The lowest BCUT2D eigenvalue weighted by atomic mass is 9.98. The zero-order valence-electron chi connectivity index (χ0n) is 15.6. The van der Waals surface area contributed by atoms with Crippen molar-refractivity contribution in [2.45, 2.75) is 20.4 Å². The molecule has 0 spiro atoms. The van der Waals surface area contributed by atoms with E-state index in [9.17, 15) is 14.4 Å². The average molecular weight is 396 g/mol. The highest BCUT2D eigenvalue weighted by molar-refractivity contribution is 7.09. The number of hydrogen-bond donors (Lipinski definition) is 2. The Morgan fingerprint density at radius 3 is 2.50 bits per heavy atom. The van der Waals surface area contributed by atoms with Gasteiger partial charge in [0, 0.05) is 16.1 Å². The van der Waals surface area contributed by atoms with Gasteiger partial charge < -0.3 is 15.0 Å². The summed E-state index contributed by atoms with van der Waals surface area (Å²) >= 11 is 1.49. The predicted octanol–water partition coefficient (Wildman–Crippen LogP) is 3.73. The van der Waals surface area contributed by atoms with Gasteiger partial charge in [-0.3, -0.25) is 9.59 Å². The summed E-state index contributed by atoms with van der Waals surface area (Å²) in [4.78, 5) is 41.7. The fraction of sp³-hybridized carbons (Fsp3) is 0.190. The summed E-state index contributed by atoms with van der Waals surface area (Å²) in [5.74, 6) is -2.00. The number of hydrogen-bond acceptors (Lipinski definition) is 5. The van der Waals surface area contributed by atoms with E-state index in [1.807, 2.05) is 23.6 Å². The van der Waals surface area contributed by atoms with E-state index in [1.54, 1.807) is 38.1 Å². The van der Waals surface area contributed by atoms with Crippen molar-refractivity contribution in [1.82, 2.24) is 10.3 Å². The summed E-state index contributed by atoms with van der Waals surface area (Å²) in [5.41, 5.74) is 1.86. The number of aryl methyl sites for hydroxylation is 1. The molecular formula is C21H20N2O4S. The maximum atomic E-state index is 12.9. The van der Waals surface area contributed by atoms with Crippen molar-refractivity contribution >= 4 is 29.0 Å². The predicted molar refractivity (Wildman–Crippen MR) is 107 cm³/mol. The Kier molecular flexibility index (Phi) is 6.06. The summed E-state index contributed by atoms with van der Waals surface area (Å²) in [6.45, 7) is 3.88. The number of rotatable bonds is 7. The molecule has 0 fully saturated rings. The highest BCUT2D eigenvalue weighted by atomic mass is 32.1. The Morgan fingerprint density at radius 1 is 1.11 bits per heavy atom. The second kappa shape index (κ2) is 8.67. The summed E-state index contributed by atoms with van der Waals surface area (Å²) in [7, 11) is 0. The van der Waals surface area contributed by atoms with Crippen molar-refractivity contribution in [2.24, 2.45) is 0 Å². The maximum absolute atomic E-state index is 12.9. The second-order valence-electron chi connectivity index (χ2n) is 6.05. The van der Waals surface area contributed by atoms with E-state index in [2.05, 4.69) is 10.3 Å². The number of Topliss-reactive ketones (excluding diaryl/α,β-unsaturated/α-hetero) is 1. The Labute approximate surface area is 166 Å². The zero-order chi connectivity index (χ0) is 20.1. The number of esters is 1. The number of carbonyl (C=O) groups excluding carboxylic acids is 3. The molecule has 0 saturated heterocycles. The lowest BCUT2D eigenvalue weighted by molar-refractivity contribution is -0.117. The highest BCUT2D eigenvalue weighted by Crippen LogP contribution is 2.31. The summed E-state index contributed by atoms with van der Waals surface area (Å²) < 4.78 is 5.15. The first-order valence-corrected chi connectivity index (χ1v) is 9.70. The molecule has 0 unspecified atom stereocenters. The van der Waals surface area contributed by atoms with Crippen LogP contribution >= 0.6 is 11.3 Å². The van der Waals surface area contributed by atoms with Crippen LogP contribution < -0.4 is 5.32 Å². The first-order valence-electron chi connectivity index (χ1n) is 8.83. The number of amides is 1. The molecule has 6 nitrogen and oxygen atoms in total. The molecule has 0 bridgehead atoms. The van der Waals surface area contributed by atoms with Gasteiger partial charge in [-0.1, -0.05) is 36.4 Å². The van der Waals surface area contributed by atoms with Crippen LogP contribution in [0.25, 0.3) is 11.1 Å². The third-order valence-corrected chi connectivity index (χ3v) is 5.04. The molecule has 2 aromatic heterocycles. The van der Waals surface area contributed by atoms with Crippen LogP contribution in [-0.2, 0) is 16.1 Å². The van der Waals surface area contributed by atoms with Gasteiger partial charge in [0.25, 0.3) is 11.7 Å². The average Bonchev–Trinajstić information content (AvgIpc) is 3.34. The summed E-state index contributed by atoms with van der Waals surface area (Å²) in [6.07, 6.45) is 0. The van der Waals surface area contributed by atoms with E-state index in [-0.39, 0.29) is 24.4 Å². The zero-order valence-corrected chi connectivity index (χ0v) is 16.4. The van der Waals surface area contributed by atoms with Crippen LogP contribution in [0.2, 0.25) is 0 Å². The molecule has 2 heterocycles. The van der Waals surface area contributed by atoms with Crippen LogP contribution in [0, 0.1) is 6.92 Å². The Balaban J connectivity index is 1.97. The van der Waals surface area contributed by atoms with Crippen molar-refractivity contribution in [1.29, 1.82) is 0 Å². The smallest absolute Gasteiger partial charge is 0.340 e. The first-order chi connectivity index (χ1) is 13.5. The summed E-state index contributed by atoms with van der Waals surface area (Å²) in [6, 6.07) is 12.8. The number of carbonyl (C=O) groups is 3. The van der Waals surface area contributed by atoms with Gasteiger partial charge in [-0.2, -0.15) is 0 Å². The number of thiophene rings is 1. The van der Waals surface area contributed by atoms with Crippen LogP contribution in [0.5, 0.6) is 0 Å². The van der Waals surface area contributed by atoms with Gasteiger partial charge in [-0.15, -0.1) is 11.3 Å². The third kappa shape index (κ3) is 4.04. The number of aromatic nitrogens is 1. The monoisotopic (exact) mass is 396 g/mol. The van der Waals surface area contributed by atoms with Crippen LogP contribution in [0.4, 0.5) is 0 Å². The first kappa shape index (κ1) is 19.6. The molecule has 0 aliphatic heterocycles. The van der Waals surface area contributed by atoms with Crippen molar-refractivity contribution in [3.63, 3.8) is 0 Å². The number of H-pyrrole nitrogens is 1. The molecule has 0 atom stereocenters. The molecule has 0 aliphatic rings. The van der Waals surface area contributed by atoms with Crippen molar-refractivity contribution < 1.29 is 19.1 Å². The molecule has 3 aromatic rings. The number of aromatic amines is 1. The van der Waals surface area contributed by atoms with Gasteiger partial charge >= 0.3 is 5.97 Å². The minimum Gasteiger partial charge on any atom is -0.462 e. The van der Waals surface area contributed by atoms with Crippen LogP contribution in [-0.4, -0.2) is 29.3 Å². The minimum atomic E-state index is -0.734. The lowest BCUT2D eigenvalue weighted by Crippen LogP contribution is -2.31. The largest absolute Gasteiger partial charge is 0.462 e.